The van der Waals surface area contributed by atoms with Gasteiger partial charge in [0.1, 0.15) is 10.1 Å². The van der Waals surface area contributed by atoms with E-state index in [1.807, 2.05) is 59.3 Å². The average molecular weight is 676 g/mol. The summed E-state index contributed by atoms with van der Waals surface area (Å²) in [5, 5.41) is 18.5. The zero-order valence-corrected chi connectivity index (χ0v) is 25.8. The number of aliphatic hydroxyl groups is 1. The second-order valence-corrected chi connectivity index (χ2v) is 12.0. The number of fused-ring (bicyclic) bond motifs is 2. The van der Waals surface area contributed by atoms with E-state index in [9.17, 15) is 5.11 Å². The van der Waals surface area contributed by atoms with E-state index in [-0.39, 0.29) is 6.10 Å². The van der Waals surface area contributed by atoms with Crippen molar-refractivity contribution in [2.45, 2.75) is 19.1 Å². The summed E-state index contributed by atoms with van der Waals surface area (Å²) in [6.45, 7) is 2.32. The van der Waals surface area contributed by atoms with Gasteiger partial charge in [0.05, 0.1) is 33.7 Å². The Kier molecular flexibility index (Phi) is 7.62. The van der Waals surface area contributed by atoms with Gasteiger partial charge in [-0.15, -0.1) is 0 Å². The number of aliphatic hydroxyl groups excluding tert-OH is 1. The van der Waals surface area contributed by atoms with E-state index in [1.165, 1.54) is 0 Å². The molecular weight excluding hydrogens is 651 g/mol. The quantitative estimate of drug-likeness (QED) is 0.160. The molecule has 1 atom stereocenters. The monoisotopic (exact) mass is 674 g/mol. The number of pyridine rings is 2. The van der Waals surface area contributed by atoms with Gasteiger partial charge in [-0.3, -0.25) is 14.3 Å². The Hall–Kier alpha value is -3.80. The van der Waals surface area contributed by atoms with E-state index in [2.05, 4.69) is 52.5 Å². The molecule has 1 aliphatic heterocycles. The molecule has 43 heavy (non-hydrogen) atoms. The van der Waals surface area contributed by atoms with Crippen molar-refractivity contribution in [1.82, 2.24) is 29.2 Å². The van der Waals surface area contributed by atoms with Crippen molar-refractivity contribution >= 4 is 78.7 Å². The number of nitrogens with one attached hydrogen (secondary N) is 2. The molecule has 0 saturated carbocycles. The lowest BCUT2D eigenvalue weighted by Gasteiger charge is -2.16. The summed E-state index contributed by atoms with van der Waals surface area (Å²) >= 11 is 17.4. The van der Waals surface area contributed by atoms with Crippen LogP contribution in [0.2, 0.25) is 10.0 Å². The number of imidazole rings is 1. The van der Waals surface area contributed by atoms with E-state index >= 15 is 0 Å². The number of halogens is 3. The van der Waals surface area contributed by atoms with E-state index in [4.69, 9.17) is 28.2 Å². The van der Waals surface area contributed by atoms with Gasteiger partial charge in [0.15, 0.2) is 17.3 Å². The minimum atomic E-state index is -0.251. The summed E-state index contributed by atoms with van der Waals surface area (Å²) in [5.41, 5.74) is 5.38. The Labute approximate surface area is 265 Å². The van der Waals surface area contributed by atoms with E-state index in [1.54, 1.807) is 18.6 Å². The molecule has 216 valence electrons. The summed E-state index contributed by atoms with van der Waals surface area (Å²) in [7, 11) is 0. The molecule has 2 aromatic carbocycles. The minimum absolute atomic E-state index is 0.251. The van der Waals surface area contributed by atoms with Crippen molar-refractivity contribution in [3.8, 4) is 11.1 Å². The molecule has 4 aromatic heterocycles. The molecule has 6 aromatic rings. The number of hydrogen-bond donors (Lipinski definition) is 3. The number of rotatable bonds is 7. The second-order valence-electron chi connectivity index (χ2n) is 10.4. The molecule has 1 aliphatic rings. The highest BCUT2D eigenvalue weighted by molar-refractivity contribution is 9.10. The second kappa shape index (κ2) is 11.7. The van der Waals surface area contributed by atoms with Crippen LogP contribution in [-0.4, -0.2) is 53.5 Å². The maximum absolute atomic E-state index is 9.86. The van der Waals surface area contributed by atoms with Crippen molar-refractivity contribution < 1.29 is 5.11 Å². The molecule has 0 radical (unpaired) electrons. The van der Waals surface area contributed by atoms with Gasteiger partial charge in [-0.05, 0) is 52.2 Å². The van der Waals surface area contributed by atoms with Crippen molar-refractivity contribution in [2.75, 3.05) is 23.7 Å². The fraction of sp³-hybridized carbons (Fsp3) is 0.161. The van der Waals surface area contributed by atoms with Crippen LogP contribution in [0.4, 0.5) is 23.0 Å². The highest BCUT2D eigenvalue weighted by Crippen LogP contribution is 2.41. The van der Waals surface area contributed by atoms with Crippen LogP contribution in [0, 0.1) is 0 Å². The third-order valence-electron chi connectivity index (χ3n) is 7.49. The van der Waals surface area contributed by atoms with Crippen LogP contribution in [0.3, 0.4) is 0 Å². The molecule has 1 saturated heterocycles. The first-order valence-corrected chi connectivity index (χ1v) is 15.2. The zero-order chi connectivity index (χ0) is 29.5. The fourth-order valence-electron chi connectivity index (χ4n) is 5.40. The number of benzene rings is 2. The van der Waals surface area contributed by atoms with Crippen molar-refractivity contribution in [3.05, 3.63) is 99.7 Å². The number of anilines is 4. The van der Waals surface area contributed by atoms with Crippen LogP contribution in [-0.2, 0) is 6.54 Å². The molecule has 7 rings (SSSR count). The minimum Gasteiger partial charge on any atom is -0.392 e. The van der Waals surface area contributed by atoms with Gasteiger partial charge in [0.2, 0.25) is 0 Å². The number of hydrogen-bond acceptors (Lipinski definition) is 8. The third kappa shape index (κ3) is 5.52. The lowest BCUT2D eigenvalue weighted by molar-refractivity contribution is 0.175. The number of nitrogens with zero attached hydrogens (tertiary/aromatic N) is 6. The Morgan fingerprint density at radius 1 is 0.884 bits per heavy atom. The first-order chi connectivity index (χ1) is 20.9. The summed E-state index contributed by atoms with van der Waals surface area (Å²) in [4.78, 5) is 20.4. The van der Waals surface area contributed by atoms with Crippen molar-refractivity contribution in [1.29, 1.82) is 0 Å². The number of β-amino-alcohol motifs (C(OH)–C–C–N with tert-alkyl or cyclic N) is 1. The molecule has 9 nitrogen and oxygen atoms in total. The predicted octanol–water partition coefficient (Wildman–Crippen LogP) is 7.46. The number of aromatic nitrogens is 5. The molecule has 0 amide bonds. The third-order valence-corrected chi connectivity index (χ3v) is 8.89. The Bertz CT molecular complexity index is 1980. The van der Waals surface area contributed by atoms with Gasteiger partial charge >= 0.3 is 0 Å². The summed E-state index contributed by atoms with van der Waals surface area (Å²) in [5.74, 6) is 1.18. The summed E-state index contributed by atoms with van der Waals surface area (Å²) in [6, 6.07) is 15.5. The summed E-state index contributed by atoms with van der Waals surface area (Å²) in [6.07, 6.45) is 9.43. The molecule has 1 unspecified atom stereocenters. The molecular formula is C31H25BrCl2N8O. The van der Waals surface area contributed by atoms with Gasteiger partial charge in [-0.25, -0.2) is 15.0 Å². The molecule has 3 N–H and O–H groups in total. The van der Waals surface area contributed by atoms with Crippen molar-refractivity contribution in [3.63, 3.8) is 0 Å². The van der Waals surface area contributed by atoms with Crippen LogP contribution in [0.25, 0.3) is 27.7 Å². The van der Waals surface area contributed by atoms with Gasteiger partial charge in [-0.2, -0.15) is 0 Å². The Morgan fingerprint density at radius 2 is 1.60 bits per heavy atom. The standard InChI is InChI=1S/C31H25BrCl2N8O/c32-25-15-38-31-30(36-10-12-42(25)31)40-24-6-2-4-22(27(24)34)21-3-1-5-23(26(21)33)39-29-28-19(7-9-35-29)13-18(14-37-28)16-41-11-8-20(43)17-41/h1-7,9-10,12-15,20,43H,8,11,16-17H2,(H,35,39)(H,36,40). The molecule has 5 heterocycles. The van der Waals surface area contributed by atoms with E-state index < -0.39 is 0 Å². The molecule has 0 aliphatic carbocycles. The normalized spacial score (nSPS) is 15.4. The van der Waals surface area contributed by atoms with Gasteiger partial charge in [0, 0.05) is 60.9 Å². The summed E-state index contributed by atoms with van der Waals surface area (Å²) < 4.78 is 2.71. The average Bonchev–Trinajstić information content (AvgIpc) is 3.60. The topological polar surface area (TPSA) is 104 Å². The van der Waals surface area contributed by atoms with Crippen molar-refractivity contribution in [2.24, 2.45) is 0 Å². The predicted molar refractivity (Wildman–Crippen MR) is 175 cm³/mol. The molecule has 0 spiro atoms. The van der Waals surface area contributed by atoms with E-state index in [0.29, 0.717) is 45.2 Å². The molecule has 0 bridgehead atoms. The van der Waals surface area contributed by atoms with Gasteiger partial charge in [-0.1, -0.05) is 47.5 Å². The Morgan fingerprint density at radius 3 is 2.33 bits per heavy atom. The smallest absolute Gasteiger partial charge is 0.181 e. The fourth-order valence-corrected chi connectivity index (χ4v) is 6.34. The highest BCUT2D eigenvalue weighted by Gasteiger charge is 2.21. The zero-order valence-electron chi connectivity index (χ0n) is 22.7. The SMILES string of the molecule is OC1CCN(Cc2cnc3c(Nc4cccc(-c5cccc(Nc6nccn7c(Br)cnc67)c5Cl)c4Cl)nccc3c2)C1. The maximum atomic E-state index is 9.86. The van der Waals surface area contributed by atoms with Crippen LogP contribution < -0.4 is 10.6 Å². The maximum Gasteiger partial charge on any atom is 0.181 e. The molecule has 1 fully saturated rings. The largest absolute Gasteiger partial charge is 0.392 e. The van der Waals surface area contributed by atoms with E-state index in [0.717, 1.165) is 51.7 Å². The van der Waals surface area contributed by atoms with Crippen LogP contribution in [0.1, 0.15) is 12.0 Å². The Balaban J connectivity index is 1.17. The lowest BCUT2D eigenvalue weighted by Crippen LogP contribution is -2.21. The van der Waals surface area contributed by atoms with Gasteiger partial charge in [0.25, 0.3) is 0 Å². The highest BCUT2D eigenvalue weighted by atomic mass is 79.9. The lowest BCUT2D eigenvalue weighted by atomic mass is 10.0. The van der Waals surface area contributed by atoms with Crippen LogP contribution in [0.15, 0.2) is 84.1 Å². The van der Waals surface area contributed by atoms with Crippen LogP contribution >= 0.6 is 39.1 Å². The number of likely N-dealkylation sites (tertiary alicyclic amines) is 1. The molecule has 12 heteroatoms. The van der Waals surface area contributed by atoms with Gasteiger partial charge < -0.3 is 15.7 Å². The first kappa shape index (κ1) is 28.0. The van der Waals surface area contributed by atoms with Crippen LogP contribution in [0.5, 0.6) is 0 Å². The first-order valence-electron chi connectivity index (χ1n) is 13.7.